The standard InChI is InChI=1S/C17H17F2N3O5/c1-17(9-2-3-9)15(25)22(16(26)21-17)7-14(24)27-8-13(23)20-12-6-10(18)4-5-11(12)19/h4-6,9H,2-3,7-8H2,1H3,(H,20,23)(H,21,26)/t17-/m0/s1. The summed E-state index contributed by atoms with van der Waals surface area (Å²) in [5.41, 5.74) is -1.42. The van der Waals surface area contributed by atoms with Crippen molar-refractivity contribution in [3.63, 3.8) is 0 Å². The fourth-order valence-corrected chi connectivity index (χ4v) is 2.90. The molecular formula is C17H17F2N3O5. The maximum atomic E-state index is 13.5. The fraction of sp³-hybridized carbons (Fsp3) is 0.412. The molecule has 1 aromatic carbocycles. The molecule has 2 aliphatic rings. The van der Waals surface area contributed by atoms with Crippen molar-refractivity contribution >= 4 is 29.5 Å². The first-order valence-electron chi connectivity index (χ1n) is 8.25. The van der Waals surface area contributed by atoms with Gasteiger partial charge in [0.25, 0.3) is 11.8 Å². The van der Waals surface area contributed by atoms with E-state index in [-0.39, 0.29) is 5.92 Å². The Hall–Kier alpha value is -3.04. The van der Waals surface area contributed by atoms with E-state index in [1.54, 1.807) is 6.92 Å². The van der Waals surface area contributed by atoms with Gasteiger partial charge in [-0.05, 0) is 37.8 Å². The van der Waals surface area contributed by atoms with Gasteiger partial charge >= 0.3 is 12.0 Å². The number of ether oxygens (including phenoxy) is 1. The second kappa shape index (κ2) is 6.93. The zero-order chi connectivity index (χ0) is 19.8. The third kappa shape index (κ3) is 3.88. The molecule has 2 fully saturated rings. The van der Waals surface area contributed by atoms with E-state index in [1.807, 2.05) is 0 Å². The summed E-state index contributed by atoms with van der Waals surface area (Å²) in [5.74, 6) is -3.95. The molecule has 1 heterocycles. The first-order valence-corrected chi connectivity index (χ1v) is 8.25. The molecule has 0 bridgehead atoms. The highest BCUT2D eigenvalue weighted by Crippen LogP contribution is 2.42. The van der Waals surface area contributed by atoms with Gasteiger partial charge in [-0.25, -0.2) is 13.6 Å². The van der Waals surface area contributed by atoms with Crippen molar-refractivity contribution in [1.29, 1.82) is 0 Å². The van der Waals surface area contributed by atoms with Crippen molar-refractivity contribution in [2.24, 2.45) is 5.92 Å². The Kier molecular flexibility index (Phi) is 4.81. The maximum Gasteiger partial charge on any atom is 0.326 e. The van der Waals surface area contributed by atoms with Crippen molar-refractivity contribution in [3.8, 4) is 0 Å². The van der Waals surface area contributed by atoms with E-state index in [4.69, 9.17) is 4.74 Å². The van der Waals surface area contributed by atoms with Crippen molar-refractivity contribution in [2.75, 3.05) is 18.5 Å². The SMILES string of the molecule is C[C@@]1(C2CC2)NC(=O)N(CC(=O)OCC(=O)Nc2cc(F)ccc2F)C1=O. The summed E-state index contributed by atoms with van der Waals surface area (Å²) in [6, 6.07) is 1.81. The Morgan fingerprint density at radius 1 is 1.33 bits per heavy atom. The zero-order valence-electron chi connectivity index (χ0n) is 14.4. The monoisotopic (exact) mass is 381 g/mol. The van der Waals surface area contributed by atoms with Gasteiger partial charge in [0.05, 0.1) is 5.69 Å². The predicted molar refractivity (Wildman–Crippen MR) is 87.3 cm³/mol. The van der Waals surface area contributed by atoms with Gasteiger partial charge < -0.3 is 15.4 Å². The smallest absolute Gasteiger partial charge is 0.326 e. The highest BCUT2D eigenvalue weighted by molar-refractivity contribution is 6.09. The third-order valence-electron chi connectivity index (χ3n) is 4.55. The van der Waals surface area contributed by atoms with E-state index in [9.17, 15) is 28.0 Å². The Morgan fingerprint density at radius 2 is 2.04 bits per heavy atom. The molecule has 1 atom stereocenters. The molecule has 3 rings (SSSR count). The number of carbonyl (C=O) groups is 4. The van der Waals surface area contributed by atoms with Crippen LogP contribution in [0, 0.1) is 17.6 Å². The van der Waals surface area contributed by atoms with E-state index in [1.165, 1.54) is 0 Å². The van der Waals surface area contributed by atoms with Crippen LogP contribution in [0.1, 0.15) is 19.8 Å². The van der Waals surface area contributed by atoms with Crippen LogP contribution in [-0.2, 0) is 19.1 Å². The summed E-state index contributed by atoms with van der Waals surface area (Å²) >= 11 is 0. The number of urea groups is 1. The average molecular weight is 381 g/mol. The molecule has 10 heteroatoms. The van der Waals surface area contributed by atoms with Crippen molar-refractivity contribution in [3.05, 3.63) is 29.8 Å². The van der Waals surface area contributed by atoms with E-state index < -0.39 is 59.8 Å². The van der Waals surface area contributed by atoms with Gasteiger partial charge in [-0.15, -0.1) is 0 Å². The van der Waals surface area contributed by atoms with Crippen molar-refractivity contribution in [2.45, 2.75) is 25.3 Å². The Bertz CT molecular complexity index is 827. The van der Waals surface area contributed by atoms with Crippen LogP contribution in [-0.4, -0.2) is 47.4 Å². The number of carbonyl (C=O) groups excluding carboxylic acids is 4. The number of nitrogens with one attached hydrogen (secondary N) is 2. The number of hydrogen-bond donors (Lipinski definition) is 2. The predicted octanol–water partition coefficient (Wildman–Crippen LogP) is 1.17. The van der Waals surface area contributed by atoms with Crippen LogP contribution in [0.3, 0.4) is 0 Å². The van der Waals surface area contributed by atoms with Gasteiger partial charge in [-0.2, -0.15) is 0 Å². The number of hydrogen-bond acceptors (Lipinski definition) is 5. The van der Waals surface area contributed by atoms with Gasteiger partial charge in [0, 0.05) is 6.07 Å². The number of imide groups is 1. The normalized spacial score (nSPS) is 21.8. The fourth-order valence-electron chi connectivity index (χ4n) is 2.90. The molecular weight excluding hydrogens is 364 g/mol. The lowest BCUT2D eigenvalue weighted by molar-refractivity contribution is -0.150. The van der Waals surface area contributed by atoms with E-state index in [2.05, 4.69) is 10.6 Å². The molecule has 0 unspecified atom stereocenters. The van der Waals surface area contributed by atoms with Gasteiger partial charge in [-0.1, -0.05) is 0 Å². The topological polar surface area (TPSA) is 105 Å². The molecule has 1 saturated heterocycles. The second-order valence-corrected chi connectivity index (χ2v) is 6.63. The highest BCUT2D eigenvalue weighted by atomic mass is 19.1. The molecule has 1 aromatic rings. The summed E-state index contributed by atoms with van der Waals surface area (Å²) in [6.07, 6.45) is 1.63. The van der Waals surface area contributed by atoms with E-state index >= 15 is 0 Å². The summed E-state index contributed by atoms with van der Waals surface area (Å²) in [7, 11) is 0. The Morgan fingerprint density at radius 3 is 2.70 bits per heavy atom. The number of halogens is 2. The molecule has 144 valence electrons. The molecule has 1 saturated carbocycles. The summed E-state index contributed by atoms with van der Waals surface area (Å²) in [4.78, 5) is 48.6. The van der Waals surface area contributed by atoms with Gasteiger partial charge in [0.1, 0.15) is 23.7 Å². The number of anilines is 1. The van der Waals surface area contributed by atoms with Crippen LogP contribution in [0.2, 0.25) is 0 Å². The van der Waals surface area contributed by atoms with Crippen molar-refractivity contribution in [1.82, 2.24) is 10.2 Å². The largest absolute Gasteiger partial charge is 0.454 e. The van der Waals surface area contributed by atoms with Crippen LogP contribution < -0.4 is 10.6 Å². The Labute approximate surface area is 152 Å². The number of nitrogens with zero attached hydrogens (tertiary/aromatic N) is 1. The summed E-state index contributed by atoms with van der Waals surface area (Å²) in [6.45, 7) is 0.185. The van der Waals surface area contributed by atoms with E-state index in [0.29, 0.717) is 0 Å². The van der Waals surface area contributed by atoms with Crippen molar-refractivity contribution < 1.29 is 32.7 Å². The van der Waals surface area contributed by atoms with E-state index in [0.717, 1.165) is 35.9 Å². The lowest BCUT2D eigenvalue weighted by Crippen LogP contribution is -2.46. The Balaban J connectivity index is 1.51. The summed E-state index contributed by atoms with van der Waals surface area (Å²) in [5, 5.41) is 4.64. The van der Waals surface area contributed by atoms with Crippen LogP contribution in [0.15, 0.2) is 18.2 Å². The third-order valence-corrected chi connectivity index (χ3v) is 4.55. The first kappa shape index (κ1) is 18.7. The number of benzene rings is 1. The van der Waals surface area contributed by atoms with Gasteiger partial charge in [0.15, 0.2) is 6.61 Å². The van der Waals surface area contributed by atoms with Gasteiger partial charge in [0.2, 0.25) is 0 Å². The number of amides is 4. The van der Waals surface area contributed by atoms with Gasteiger partial charge in [-0.3, -0.25) is 19.3 Å². The number of esters is 1. The molecule has 1 aliphatic heterocycles. The lowest BCUT2D eigenvalue weighted by Gasteiger charge is -2.20. The average Bonchev–Trinajstić information content (AvgIpc) is 3.43. The van der Waals surface area contributed by atoms with Crippen LogP contribution >= 0.6 is 0 Å². The molecule has 4 amide bonds. The minimum absolute atomic E-state index is 0.0434. The number of rotatable bonds is 6. The quantitative estimate of drug-likeness (QED) is 0.569. The maximum absolute atomic E-state index is 13.5. The summed E-state index contributed by atoms with van der Waals surface area (Å²) < 4.78 is 31.2. The highest BCUT2D eigenvalue weighted by Gasteiger charge is 2.56. The molecule has 0 spiro atoms. The minimum atomic E-state index is -1.02. The molecule has 0 aromatic heterocycles. The molecule has 8 nitrogen and oxygen atoms in total. The lowest BCUT2D eigenvalue weighted by atomic mass is 9.96. The zero-order valence-corrected chi connectivity index (χ0v) is 14.4. The molecule has 1 aliphatic carbocycles. The molecule has 2 N–H and O–H groups in total. The van der Waals surface area contributed by atoms with Crippen LogP contribution in [0.25, 0.3) is 0 Å². The second-order valence-electron chi connectivity index (χ2n) is 6.63. The molecule has 27 heavy (non-hydrogen) atoms. The minimum Gasteiger partial charge on any atom is -0.454 e. The van der Waals surface area contributed by atoms with Crippen LogP contribution in [0.5, 0.6) is 0 Å². The van der Waals surface area contributed by atoms with Crippen LogP contribution in [0.4, 0.5) is 19.3 Å². The molecule has 0 radical (unpaired) electrons. The first-order chi connectivity index (χ1) is 12.7.